The molecule has 6 heteroatoms. The van der Waals surface area contributed by atoms with Crippen LogP contribution in [0.2, 0.25) is 0 Å². The van der Waals surface area contributed by atoms with E-state index in [1.54, 1.807) is 11.3 Å². The molecule has 5 rings (SSSR count). The molecule has 1 aliphatic rings. The van der Waals surface area contributed by atoms with Crippen LogP contribution in [0.25, 0.3) is 11.1 Å². The van der Waals surface area contributed by atoms with E-state index in [0.717, 1.165) is 46.9 Å². The van der Waals surface area contributed by atoms with E-state index >= 15 is 0 Å². The van der Waals surface area contributed by atoms with Crippen LogP contribution in [0.3, 0.4) is 0 Å². The average molecular weight is 432 g/mol. The van der Waals surface area contributed by atoms with Crippen molar-refractivity contribution in [3.63, 3.8) is 0 Å². The van der Waals surface area contributed by atoms with Crippen molar-refractivity contribution in [3.8, 4) is 11.1 Å². The Morgan fingerprint density at radius 1 is 0.967 bits per heavy atom. The number of thiophene rings is 1. The number of thioether (sulfide) groups is 1. The van der Waals surface area contributed by atoms with Crippen LogP contribution < -0.4 is 0 Å². The van der Waals surface area contributed by atoms with Gasteiger partial charge in [-0.25, -0.2) is 0 Å². The van der Waals surface area contributed by atoms with Gasteiger partial charge in [0.15, 0.2) is 10.9 Å². The van der Waals surface area contributed by atoms with E-state index in [-0.39, 0.29) is 5.78 Å². The summed E-state index contributed by atoms with van der Waals surface area (Å²) < 4.78 is 2.25. The summed E-state index contributed by atoms with van der Waals surface area (Å²) in [4.78, 5) is 14.0. The maximum atomic E-state index is 12.7. The third-order valence-corrected chi connectivity index (χ3v) is 7.03. The summed E-state index contributed by atoms with van der Waals surface area (Å²) in [6, 6.07) is 22.7. The van der Waals surface area contributed by atoms with Crippen LogP contribution in [-0.2, 0) is 6.42 Å². The van der Waals surface area contributed by atoms with E-state index in [1.165, 1.54) is 16.6 Å². The van der Waals surface area contributed by atoms with Gasteiger partial charge in [-0.05, 0) is 35.4 Å². The van der Waals surface area contributed by atoms with E-state index < -0.39 is 0 Å². The van der Waals surface area contributed by atoms with Crippen LogP contribution in [0.5, 0.6) is 0 Å². The second-order valence-electron chi connectivity index (χ2n) is 7.41. The molecule has 4 nitrogen and oxygen atoms in total. The first kappa shape index (κ1) is 19.3. The van der Waals surface area contributed by atoms with Gasteiger partial charge in [0.25, 0.3) is 0 Å². The maximum Gasteiger partial charge on any atom is 0.191 e. The molecule has 0 aliphatic heterocycles. The van der Waals surface area contributed by atoms with Crippen molar-refractivity contribution in [1.82, 2.24) is 14.8 Å². The SMILES string of the molecule is O=C(CSc1nnc(Cc2cccs2)n1C1CC1)c1ccc(-c2ccccc2)cc1. The Labute approximate surface area is 184 Å². The topological polar surface area (TPSA) is 47.8 Å². The molecule has 4 aromatic rings. The van der Waals surface area contributed by atoms with Crippen molar-refractivity contribution >= 4 is 28.9 Å². The van der Waals surface area contributed by atoms with E-state index in [4.69, 9.17) is 0 Å². The van der Waals surface area contributed by atoms with Crippen LogP contribution in [0, 0.1) is 0 Å². The second kappa shape index (κ2) is 8.58. The molecule has 0 bridgehead atoms. The molecule has 1 fully saturated rings. The monoisotopic (exact) mass is 431 g/mol. The molecule has 150 valence electrons. The van der Waals surface area contributed by atoms with Gasteiger partial charge in [0.2, 0.25) is 0 Å². The number of carbonyl (C=O) groups is 1. The molecule has 0 unspecified atom stereocenters. The molecule has 30 heavy (non-hydrogen) atoms. The Bertz CT molecular complexity index is 1130. The highest BCUT2D eigenvalue weighted by atomic mass is 32.2. The summed E-state index contributed by atoms with van der Waals surface area (Å²) in [5.74, 6) is 1.49. The molecule has 0 amide bonds. The predicted octanol–water partition coefficient (Wildman–Crippen LogP) is 5.91. The summed E-state index contributed by atoms with van der Waals surface area (Å²) in [6.45, 7) is 0. The summed E-state index contributed by atoms with van der Waals surface area (Å²) in [6.07, 6.45) is 3.13. The number of Topliss-reactive ketones (excluding diaryl/α,β-unsaturated/α-hetero) is 1. The lowest BCUT2D eigenvalue weighted by atomic mass is 10.0. The van der Waals surface area contributed by atoms with Crippen LogP contribution in [0.15, 0.2) is 77.3 Å². The number of benzene rings is 2. The summed E-state index contributed by atoms with van der Waals surface area (Å²) in [7, 11) is 0. The molecule has 2 heterocycles. The highest BCUT2D eigenvalue weighted by Gasteiger charge is 2.30. The minimum atomic E-state index is 0.116. The molecule has 0 radical (unpaired) electrons. The van der Waals surface area contributed by atoms with Crippen LogP contribution in [0.4, 0.5) is 0 Å². The van der Waals surface area contributed by atoms with Crippen molar-refractivity contribution in [3.05, 3.63) is 88.4 Å². The Kier molecular flexibility index (Phi) is 5.51. The normalized spacial score (nSPS) is 13.5. The van der Waals surface area contributed by atoms with Gasteiger partial charge >= 0.3 is 0 Å². The van der Waals surface area contributed by atoms with Crippen LogP contribution in [0.1, 0.15) is 39.9 Å². The highest BCUT2D eigenvalue weighted by Crippen LogP contribution is 2.39. The zero-order valence-electron chi connectivity index (χ0n) is 16.4. The van der Waals surface area contributed by atoms with Gasteiger partial charge in [-0.3, -0.25) is 4.79 Å². The molecule has 1 aliphatic carbocycles. The molecule has 1 saturated carbocycles. The number of hydrogen-bond acceptors (Lipinski definition) is 5. The highest BCUT2D eigenvalue weighted by molar-refractivity contribution is 7.99. The Hall–Kier alpha value is -2.70. The fourth-order valence-electron chi connectivity index (χ4n) is 3.49. The molecular formula is C24H21N3OS2. The molecular weight excluding hydrogens is 410 g/mol. The van der Waals surface area contributed by atoms with Gasteiger partial charge in [0, 0.05) is 22.9 Å². The third-order valence-electron chi connectivity index (χ3n) is 5.21. The molecule has 2 aromatic carbocycles. The quantitative estimate of drug-likeness (QED) is 0.257. The lowest BCUT2D eigenvalue weighted by Gasteiger charge is -2.08. The van der Waals surface area contributed by atoms with Gasteiger partial charge in [-0.15, -0.1) is 21.5 Å². The Morgan fingerprint density at radius 2 is 1.73 bits per heavy atom. The second-order valence-corrected chi connectivity index (χ2v) is 9.39. The van der Waals surface area contributed by atoms with Crippen molar-refractivity contribution in [2.24, 2.45) is 0 Å². The van der Waals surface area contributed by atoms with Crippen molar-refractivity contribution in [1.29, 1.82) is 0 Å². The van der Waals surface area contributed by atoms with Gasteiger partial charge in [-0.2, -0.15) is 0 Å². The third kappa shape index (κ3) is 4.25. The smallest absolute Gasteiger partial charge is 0.191 e. The van der Waals surface area contributed by atoms with Crippen molar-refractivity contribution < 1.29 is 4.79 Å². The number of rotatable bonds is 8. The number of carbonyl (C=O) groups excluding carboxylic acids is 1. The van der Waals surface area contributed by atoms with E-state index in [2.05, 4.69) is 44.4 Å². The molecule has 0 atom stereocenters. The van der Waals surface area contributed by atoms with Gasteiger partial charge in [-0.1, -0.05) is 72.4 Å². The van der Waals surface area contributed by atoms with Crippen molar-refractivity contribution in [2.45, 2.75) is 30.5 Å². The molecule has 2 aromatic heterocycles. The molecule has 0 saturated heterocycles. The summed E-state index contributed by atoms with van der Waals surface area (Å²) in [5, 5.41) is 11.8. The molecule has 0 spiro atoms. The predicted molar refractivity (Wildman–Crippen MR) is 122 cm³/mol. The summed E-state index contributed by atoms with van der Waals surface area (Å²) in [5.41, 5.74) is 3.01. The van der Waals surface area contributed by atoms with Crippen molar-refractivity contribution in [2.75, 3.05) is 5.75 Å². The first-order chi connectivity index (χ1) is 14.8. The van der Waals surface area contributed by atoms with E-state index in [9.17, 15) is 4.79 Å². The Morgan fingerprint density at radius 3 is 2.43 bits per heavy atom. The first-order valence-electron chi connectivity index (χ1n) is 10.1. The van der Waals surface area contributed by atoms with E-state index in [0.29, 0.717) is 11.8 Å². The minimum Gasteiger partial charge on any atom is -0.303 e. The number of hydrogen-bond donors (Lipinski definition) is 0. The Balaban J connectivity index is 1.27. The largest absolute Gasteiger partial charge is 0.303 e. The maximum absolute atomic E-state index is 12.7. The van der Waals surface area contributed by atoms with Crippen LogP contribution in [-0.4, -0.2) is 26.3 Å². The average Bonchev–Trinajstić information content (AvgIpc) is 3.34. The van der Waals surface area contributed by atoms with Gasteiger partial charge < -0.3 is 4.57 Å². The standard InChI is InChI=1S/C24H21N3OS2/c28-22(19-10-8-18(9-11-19)17-5-2-1-3-6-17)16-30-24-26-25-23(27(24)20-12-13-20)15-21-7-4-14-29-21/h1-11,14,20H,12-13,15-16H2. The first-order valence-corrected chi connectivity index (χ1v) is 11.9. The fraction of sp³-hybridized carbons (Fsp3) is 0.208. The minimum absolute atomic E-state index is 0.116. The number of nitrogens with zero attached hydrogens (tertiary/aromatic N) is 3. The zero-order chi connectivity index (χ0) is 20.3. The fourth-order valence-corrected chi connectivity index (χ4v) is 5.11. The van der Waals surface area contributed by atoms with Gasteiger partial charge in [0.1, 0.15) is 5.82 Å². The molecule has 0 N–H and O–H groups in total. The lowest BCUT2D eigenvalue weighted by molar-refractivity contribution is 0.102. The lowest BCUT2D eigenvalue weighted by Crippen LogP contribution is -2.06. The zero-order valence-corrected chi connectivity index (χ0v) is 18.0. The van der Waals surface area contributed by atoms with E-state index in [1.807, 2.05) is 42.5 Å². The van der Waals surface area contributed by atoms with Crippen LogP contribution >= 0.6 is 23.1 Å². The number of aromatic nitrogens is 3. The van der Waals surface area contributed by atoms with Gasteiger partial charge in [0.05, 0.1) is 5.75 Å². The number of ketones is 1. The summed E-state index contributed by atoms with van der Waals surface area (Å²) >= 11 is 3.24.